The summed E-state index contributed by atoms with van der Waals surface area (Å²) >= 11 is 0. The van der Waals surface area contributed by atoms with Crippen molar-refractivity contribution in [3.8, 4) is 11.5 Å². The van der Waals surface area contributed by atoms with Gasteiger partial charge < -0.3 is 20.5 Å². The van der Waals surface area contributed by atoms with Crippen LogP contribution in [0.1, 0.15) is 20.7 Å². The van der Waals surface area contributed by atoms with Crippen LogP contribution >= 0.6 is 0 Å². The highest BCUT2D eigenvalue weighted by atomic mass is 16.5. The van der Waals surface area contributed by atoms with Crippen molar-refractivity contribution in [3.05, 3.63) is 65.9 Å². The maximum absolute atomic E-state index is 12.2. The second-order valence-corrected chi connectivity index (χ2v) is 4.86. The first-order valence-electron chi connectivity index (χ1n) is 7.14. The van der Waals surface area contributed by atoms with E-state index in [0.29, 0.717) is 28.3 Å². The van der Waals surface area contributed by atoms with Gasteiger partial charge in [-0.2, -0.15) is 0 Å². The quantitative estimate of drug-likeness (QED) is 0.603. The van der Waals surface area contributed by atoms with Crippen LogP contribution in [-0.2, 0) is 0 Å². The maximum Gasteiger partial charge on any atom is 0.248 e. The van der Waals surface area contributed by atoms with Crippen molar-refractivity contribution in [1.82, 2.24) is 0 Å². The molecule has 0 aliphatic heterocycles. The Bertz CT molecular complexity index is 784. The monoisotopic (exact) mass is 326 g/mol. The van der Waals surface area contributed by atoms with Crippen LogP contribution in [0.2, 0.25) is 0 Å². The molecule has 0 radical (unpaired) electrons. The number of rotatable bonds is 7. The number of ether oxygens (including phenoxy) is 2. The van der Waals surface area contributed by atoms with Crippen LogP contribution in [0.5, 0.6) is 11.5 Å². The van der Waals surface area contributed by atoms with Crippen molar-refractivity contribution in [2.75, 3.05) is 19.5 Å². The molecular formula is C18H18N2O4. The minimum absolute atomic E-state index is 0.200. The van der Waals surface area contributed by atoms with Crippen LogP contribution in [0.3, 0.4) is 0 Å². The van der Waals surface area contributed by atoms with Crippen molar-refractivity contribution in [3.63, 3.8) is 0 Å². The molecule has 0 spiro atoms. The van der Waals surface area contributed by atoms with E-state index in [1.54, 1.807) is 42.5 Å². The third kappa shape index (κ3) is 4.13. The van der Waals surface area contributed by atoms with E-state index in [1.165, 1.54) is 26.5 Å². The molecule has 0 fully saturated rings. The molecule has 0 unspecified atom stereocenters. The first-order valence-corrected chi connectivity index (χ1v) is 7.14. The van der Waals surface area contributed by atoms with Gasteiger partial charge in [-0.05, 0) is 36.4 Å². The van der Waals surface area contributed by atoms with Gasteiger partial charge in [0.2, 0.25) is 5.91 Å². The predicted octanol–water partition coefficient (Wildman–Crippen LogP) is 2.61. The zero-order chi connectivity index (χ0) is 17.5. The molecule has 124 valence electrons. The summed E-state index contributed by atoms with van der Waals surface area (Å²) in [6, 6.07) is 11.6. The Morgan fingerprint density at radius 1 is 1.00 bits per heavy atom. The van der Waals surface area contributed by atoms with E-state index < -0.39 is 5.91 Å². The highest BCUT2D eigenvalue weighted by Gasteiger charge is 2.08. The number of ketones is 1. The molecule has 1 amide bonds. The lowest BCUT2D eigenvalue weighted by Crippen LogP contribution is -2.10. The van der Waals surface area contributed by atoms with Crippen LogP contribution in [0.15, 0.2) is 54.7 Å². The number of benzene rings is 2. The van der Waals surface area contributed by atoms with Gasteiger partial charge >= 0.3 is 0 Å². The van der Waals surface area contributed by atoms with Crippen LogP contribution in [0.4, 0.5) is 5.69 Å². The van der Waals surface area contributed by atoms with Gasteiger partial charge in [0.05, 0.1) is 14.2 Å². The number of hydrogen-bond acceptors (Lipinski definition) is 5. The lowest BCUT2D eigenvalue weighted by atomic mass is 10.1. The number of nitrogens with two attached hydrogens (primary N) is 1. The second-order valence-electron chi connectivity index (χ2n) is 4.86. The number of anilines is 1. The first-order chi connectivity index (χ1) is 11.5. The molecule has 0 bridgehead atoms. The summed E-state index contributed by atoms with van der Waals surface area (Å²) in [5.74, 6) is 0.330. The smallest absolute Gasteiger partial charge is 0.248 e. The fourth-order valence-electron chi connectivity index (χ4n) is 2.06. The predicted molar refractivity (Wildman–Crippen MR) is 91.6 cm³/mol. The highest BCUT2D eigenvalue weighted by molar-refractivity contribution is 6.05. The molecule has 0 aliphatic carbocycles. The van der Waals surface area contributed by atoms with Crippen LogP contribution < -0.4 is 20.5 Å². The first kappa shape index (κ1) is 17.1. The normalized spacial score (nSPS) is 10.4. The summed E-state index contributed by atoms with van der Waals surface area (Å²) in [7, 11) is 3.04. The van der Waals surface area contributed by atoms with E-state index >= 15 is 0 Å². The molecule has 2 rings (SSSR count). The molecular weight excluding hydrogens is 308 g/mol. The van der Waals surface area contributed by atoms with Gasteiger partial charge in [-0.15, -0.1) is 0 Å². The Kier molecular flexibility index (Phi) is 5.57. The largest absolute Gasteiger partial charge is 0.493 e. The van der Waals surface area contributed by atoms with Crippen molar-refractivity contribution < 1.29 is 19.1 Å². The topological polar surface area (TPSA) is 90.6 Å². The summed E-state index contributed by atoms with van der Waals surface area (Å²) in [4.78, 5) is 23.3. The molecule has 0 aliphatic rings. The summed E-state index contributed by atoms with van der Waals surface area (Å²) in [6.45, 7) is 0. The Hall–Kier alpha value is -3.28. The minimum Gasteiger partial charge on any atom is -0.493 e. The number of primary amides is 1. The number of allylic oxidation sites excluding steroid dienone is 1. The van der Waals surface area contributed by atoms with Crippen LogP contribution in [-0.4, -0.2) is 25.9 Å². The van der Waals surface area contributed by atoms with Gasteiger partial charge in [0.25, 0.3) is 0 Å². The van der Waals surface area contributed by atoms with E-state index in [4.69, 9.17) is 15.2 Å². The van der Waals surface area contributed by atoms with E-state index in [9.17, 15) is 9.59 Å². The van der Waals surface area contributed by atoms with Crippen molar-refractivity contribution in [2.45, 2.75) is 0 Å². The molecule has 2 aromatic carbocycles. The molecule has 0 aromatic heterocycles. The molecule has 24 heavy (non-hydrogen) atoms. The summed E-state index contributed by atoms with van der Waals surface area (Å²) in [5, 5.41) is 2.93. The minimum atomic E-state index is -0.510. The molecule has 6 heteroatoms. The second kappa shape index (κ2) is 7.82. The van der Waals surface area contributed by atoms with E-state index in [0.717, 1.165) is 0 Å². The van der Waals surface area contributed by atoms with Gasteiger partial charge in [0.15, 0.2) is 17.3 Å². The number of carbonyl (C=O) groups excluding carboxylic acids is 2. The number of carbonyl (C=O) groups is 2. The van der Waals surface area contributed by atoms with E-state index in [-0.39, 0.29) is 5.78 Å². The number of hydrogen-bond donors (Lipinski definition) is 2. The van der Waals surface area contributed by atoms with Crippen molar-refractivity contribution in [1.29, 1.82) is 0 Å². The Morgan fingerprint density at radius 2 is 1.75 bits per heavy atom. The SMILES string of the molecule is COc1ccc(C(=O)C=CNc2cccc(C(N)=O)c2)cc1OC. The summed E-state index contributed by atoms with van der Waals surface area (Å²) in [5.41, 5.74) is 6.74. The van der Waals surface area contributed by atoms with E-state index in [1.807, 2.05) is 0 Å². The standard InChI is InChI=1S/C18H18N2O4/c1-23-16-7-6-12(11-17(16)24-2)15(21)8-9-20-14-5-3-4-13(10-14)18(19)22/h3-11,20H,1-2H3,(H2,19,22). The van der Waals surface area contributed by atoms with Gasteiger partial charge in [0, 0.05) is 29.1 Å². The van der Waals surface area contributed by atoms with Crippen LogP contribution in [0, 0.1) is 0 Å². The molecule has 0 atom stereocenters. The van der Waals surface area contributed by atoms with Gasteiger partial charge in [-0.1, -0.05) is 6.07 Å². The zero-order valence-corrected chi connectivity index (χ0v) is 13.4. The van der Waals surface area contributed by atoms with Gasteiger partial charge in [-0.25, -0.2) is 0 Å². The van der Waals surface area contributed by atoms with E-state index in [2.05, 4.69) is 5.32 Å². The average Bonchev–Trinajstić information content (AvgIpc) is 2.61. The number of amides is 1. The zero-order valence-electron chi connectivity index (χ0n) is 13.4. The molecule has 6 nitrogen and oxygen atoms in total. The fourth-order valence-corrected chi connectivity index (χ4v) is 2.06. The molecule has 0 heterocycles. The molecule has 0 saturated carbocycles. The Morgan fingerprint density at radius 3 is 2.42 bits per heavy atom. The third-order valence-corrected chi connectivity index (χ3v) is 3.30. The molecule has 0 saturated heterocycles. The third-order valence-electron chi connectivity index (χ3n) is 3.30. The lowest BCUT2D eigenvalue weighted by molar-refractivity contribution is 0.0998. The maximum atomic E-state index is 12.2. The van der Waals surface area contributed by atoms with Gasteiger partial charge in [-0.3, -0.25) is 9.59 Å². The molecule has 2 aromatic rings. The van der Waals surface area contributed by atoms with Crippen LogP contribution in [0.25, 0.3) is 0 Å². The number of methoxy groups -OCH3 is 2. The number of nitrogens with one attached hydrogen (secondary N) is 1. The average molecular weight is 326 g/mol. The Labute approximate surface area is 139 Å². The van der Waals surface area contributed by atoms with Gasteiger partial charge in [0.1, 0.15) is 0 Å². The summed E-state index contributed by atoms with van der Waals surface area (Å²) in [6.07, 6.45) is 2.89. The molecule has 3 N–H and O–H groups in total. The Balaban J connectivity index is 2.08. The fraction of sp³-hybridized carbons (Fsp3) is 0.111. The summed E-state index contributed by atoms with van der Waals surface area (Å²) < 4.78 is 10.3. The highest BCUT2D eigenvalue weighted by Crippen LogP contribution is 2.27. The lowest BCUT2D eigenvalue weighted by Gasteiger charge is -2.08. The van der Waals surface area contributed by atoms with Crippen molar-refractivity contribution in [2.24, 2.45) is 5.73 Å². The van der Waals surface area contributed by atoms with Crippen molar-refractivity contribution >= 4 is 17.4 Å².